The molecule has 616 valence electrons. The molecule has 14 rings (SSSR count). The quantitative estimate of drug-likeness (QED) is 0.0589. The van der Waals surface area contributed by atoms with Gasteiger partial charge in [-0.15, -0.1) is 0 Å². The van der Waals surface area contributed by atoms with Gasteiger partial charge in [0.2, 0.25) is 0 Å². The van der Waals surface area contributed by atoms with Crippen LogP contribution in [0.5, 0.6) is 0 Å². The Hall–Kier alpha value is -0.600. The van der Waals surface area contributed by atoms with Crippen LogP contribution in [0, 0.1) is 23.7 Å². The predicted molar refractivity (Wildman–Crippen MR) is 432 cm³/mol. The van der Waals surface area contributed by atoms with Gasteiger partial charge in [0, 0.05) is 164 Å². The Labute approximate surface area is 653 Å². The van der Waals surface area contributed by atoms with Crippen molar-refractivity contribution < 1.29 is 44.1 Å². The maximum Gasteiger partial charge on any atom is 0.0580 e. The summed E-state index contributed by atoms with van der Waals surface area (Å²) in [6.45, 7) is 1.46. The van der Waals surface area contributed by atoms with Crippen molar-refractivity contribution in [2.24, 2.45) is 23.7 Å². The minimum atomic E-state index is 0.364. The van der Waals surface area contributed by atoms with Crippen molar-refractivity contribution >= 4 is 0 Å². The molecule has 15 nitrogen and oxygen atoms in total. The Bertz CT molecular complexity index is 2030. The minimum absolute atomic E-state index is 0.364. The van der Waals surface area contributed by atoms with Gasteiger partial charge in [0.25, 0.3) is 0 Å². The number of ether oxygens (including phenoxy) is 5. The van der Waals surface area contributed by atoms with Crippen LogP contribution in [0.3, 0.4) is 0 Å². The highest BCUT2D eigenvalue weighted by molar-refractivity contribution is 5.04. The van der Waals surface area contributed by atoms with Crippen LogP contribution in [0.1, 0.15) is 360 Å². The van der Waals surface area contributed by atoms with Crippen molar-refractivity contribution in [3.63, 3.8) is 0 Å². The highest BCUT2D eigenvalue weighted by atomic mass is 16.5. The first-order valence-electron chi connectivity index (χ1n) is 47.5. The van der Waals surface area contributed by atoms with Crippen LogP contribution in [0.2, 0.25) is 0 Å². The van der Waals surface area contributed by atoms with E-state index in [2.05, 4.69) is 29.4 Å². The fraction of sp³-hybridized carbons (Fsp3) is 1.00. The summed E-state index contributed by atoms with van der Waals surface area (Å²) in [6.07, 6.45) is 73.8. The van der Waals surface area contributed by atoms with E-state index in [4.69, 9.17) is 23.7 Å². The maximum atomic E-state index is 10.3. The van der Waals surface area contributed by atoms with Crippen molar-refractivity contribution in [3.05, 3.63) is 0 Å². The average Bonchev–Trinajstić information content (AvgIpc) is 0.792. The second kappa shape index (κ2) is 41.5. The summed E-state index contributed by atoms with van der Waals surface area (Å²) in [5.74, 6) is 1.99. The smallest absolute Gasteiger partial charge is 0.0580 e. The third-order valence-corrected chi connectivity index (χ3v) is 34.1. The molecule has 0 bridgehead atoms. The number of hydrogen-bond donors (Lipinski definition) is 4. The number of methoxy groups -OCH3 is 4. The molecule has 107 heavy (non-hydrogen) atoms. The van der Waals surface area contributed by atoms with Gasteiger partial charge in [0.15, 0.2) is 0 Å². The fourth-order valence-electron chi connectivity index (χ4n) is 28.0. The first kappa shape index (κ1) is 82.9. The van der Waals surface area contributed by atoms with E-state index in [-0.39, 0.29) is 0 Å². The molecule has 0 atom stereocenters. The highest BCUT2D eigenvalue weighted by Crippen LogP contribution is 2.48. The SMILES string of the molecule is COC1CCC(N(C2CCC(CO)CC2)C2CCC(N(C3CCC(OC4CCC(N(C5CCC(N(C6CCC(CO)CC6)C6CCC(OC)CC6)CC5)C5CCC(N(C6CCC(CO)CC6)C6CCC(OC)CC6)CC5)CC4)CC3)C3CCC(N(C4CCC(CO)CC4)C4CCC(OC)CC4)CC3)CC2)CC1. The highest BCUT2D eigenvalue weighted by Gasteiger charge is 2.49. The zero-order valence-electron chi connectivity index (χ0n) is 69.1. The van der Waals surface area contributed by atoms with Gasteiger partial charge in [-0.2, -0.15) is 0 Å². The van der Waals surface area contributed by atoms with Crippen molar-refractivity contribution in [2.45, 2.75) is 505 Å². The molecule has 14 aliphatic carbocycles. The number of aliphatic hydroxyl groups excluding tert-OH is 4. The molecule has 0 spiro atoms. The molecule has 14 fully saturated rings. The van der Waals surface area contributed by atoms with Gasteiger partial charge in [0.1, 0.15) is 0 Å². The summed E-state index contributed by atoms with van der Waals surface area (Å²) in [5.41, 5.74) is 0. The van der Waals surface area contributed by atoms with Gasteiger partial charge in [0.05, 0.1) is 36.6 Å². The van der Waals surface area contributed by atoms with E-state index in [1.54, 1.807) is 0 Å². The molecular formula is C92H164N6O9. The Morgan fingerprint density at radius 1 is 0.159 bits per heavy atom. The fourth-order valence-corrected chi connectivity index (χ4v) is 28.0. The molecule has 0 aromatic heterocycles. The Morgan fingerprint density at radius 2 is 0.262 bits per heavy atom. The van der Waals surface area contributed by atoms with Crippen molar-refractivity contribution in [1.29, 1.82) is 0 Å². The second-order valence-corrected chi connectivity index (χ2v) is 39.6. The lowest BCUT2D eigenvalue weighted by Crippen LogP contribution is -2.58. The molecule has 0 aliphatic heterocycles. The van der Waals surface area contributed by atoms with Crippen molar-refractivity contribution in [2.75, 3.05) is 54.9 Å². The molecule has 14 saturated carbocycles. The molecule has 4 N–H and O–H groups in total. The molecule has 15 heteroatoms. The lowest BCUT2D eigenvalue weighted by atomic mass is 9.77. The van der Waals surface area contributed by atoms with Crippen LogP contribution in [-0.2, 0) is 23.7 Å². The van der Waals surface area contributed by atoms with E-state index < -0.39 is 0 Å². The molecule has 14 aliphatic rings. The van der Waals surface area contributed by atoms with E-state index in [9.17, 15) is 20.4 Å². The molecule has 0 radical (unpaired) electrons. The van der Waals surface area contributed by atoms with Crippen LogP contribution in [-0.4, -0.2) is 250 Å². The predicted octanol–water partition coefficient (Wildman–Crippen LogP) is 16.7. The van der Waals surface area contributed by atoms with Crippen LogP contribution >= 0.6 is 0 Å². The van der Waals surface area contributed by atoms with Crippen LogP contribution < -0.4 is 0 Å². The lowest BCUT2D eigenvalue weighted by Gasteiger charge is -2.54. The Morgan fingerprint density at radius 3 is 0.374 bits per heavy atom. The molecular weight excluding hydrogens is 1330 g/mol. The normalized spacial score (nSPS) is 43.6. The number of nitrogens with zero attached hydrogens (tertiary/aromatic N) is 6. The van der Waals surface area contributed by atoms with Crippen molar-refractivity contribution in [1.82, 2.24) is 29.4 Å². The molecule has 0 saturated heterocycles. The monoisotopic (exact) mass is 1500 g/mol. The van der Waals surface area contributed by atoms with Gasteiger partial charge < -0.3 is 44.1 Å². The van der Waals surface area contributed by atoms with Gasteiger partial charge >= 0.3 is 0 Å². The number of hydrogen-bond acceptors (Lipinski definition) is 15. The van der Waals surface area contributed by atoms with Gasteiger partial charge in [-0.3, -0.25) is 29.4 Å². The average molecular weight is 1500 g/mol. The maximum absolute atomic E-state index is 10.3. The topological polar surface area (TPSA) is 147 Å². The molecule has 0 unspecified atom stereocenters. The first-order chi connectivity index (χ1) is 52.6. The Kier molecular flexibility index (Phi) is 32.1. The zero-order valence-corrected chi connectivity index (χ0v) is 69.1. The molecule has 0 aromatic rings. The van der Waals surface area contributed by atoms with E-state index >= 15 is 0 Å². The second-order valence-electron chi connectivity index (χ2n) is 39.6. The Balaban J connectivity index is 0.643. The number of aliphatic hydroxyl groups is 4. The van der Waals surface area contributed by atoms with Crippen molar-refractivity contribution in [3.8, 4) is 0 Å². The zero-order chi connectivity index (χ0) is 73.6. The lowest BCUT2D eigenvalue weighted by molar-refractivity contribution is -0.0858. The van der Waals surface area contributed by atoms with Crippen LogP contribution in [0.15, 0.2) is 0 Å². The minimum Gasteiger partial charge on any atom is -0.396 e. The third-order valence-electron chi connectivity index (χ3n) is 34.1. The third kappa shape index (κ3) is 21.0. The summed E-state index contributed by atoms with van der Waals surface area (Å²) in [5, 5.41) is 41.0. The van der Waals surface area contributed by atoms with E-state index in [1.807, 2.05) is 28.4 Å². The first-order valence-corrected chi connectivity index (χ1v) is 47.5. The largest absolute Gasteiger partial charge is 0.396 e. The van der Waals surface area contributed by atoms with E-state index in [0.717, 1.165) is 0 Å². The van der Waals surface area contributed by atoms with Gasteiger partial charge in [-0.1, -0.05) is 0 Å². The number of rotatable bonds is 28. The molecule has 0 aromatic carbocycles. The standard InChI is InChI=1S/C92H164N6O9/c1-103-87-49-37-81(38-50-87)93(69-13-5-65(61-99)6-14-69)73-21-29-77(30-22-73)97(78-31-23-74(24-32-78)94(70-15-7-66(62-100)8-16-70)82-39-51-88(104-2)52-40-82)85-45-57-91(58-46-85)107-92-59-47-86(48-60-92)98(79-33-25-75(26-34-79)95(71-17-9-67(63-101)10-18-71)83-41-53-89(105-3)54-42-83)80-35-27-76(28-36-80)96(72-19-11-68(64-102)12-20-72)84-43-55-90(106-4)56-44-84/h65-92,99-102H,5-64H2,1-4H3. The summed E-state index contributed by atoms with van der Waals surface area (Å²) < 4.78 is 31.5. The van der Waals surface area contributed by atoms with Crippen LogP contribution in [0.4, 0.5) is 0 Å². The summed E-state index contributed by atoms with van der Waals surface area (Å²) in [4.78, 5) is 19.1. The summed E-state index contributed by atoms with van der Waals surface area (Å²) in [6, 6.07) is 12.2. The molecule has 0 heterocycles. The van der Waals surface area contributed by atoms with Gasteiger partial charge in [-0.05, 0) is 383 Å². The summed E-state index contributed by atoms with van der Waals surface area (Å²) in [7, 11) is 7.75. The summed E-state index contributed by atoms with van der Waals surface area (Å²) >= 11 is 0. The molecule has 0 amide bonds. The van der Waals surface area contributed by atoms with E-state index in [0.29, 0.717) is 195 Å². The van der Waals surface area contributed by atoms with E-state index in [1.165, 1.54) is 360 Å². The van der Waals surface area contributed by atoms with Gasteiger partial charge in [-0.25, -0.2) is 0 Å². The van der Waals surface area contributed by atoms with Crippen LogP contribution in [0.25, 0.3) is 0 Å².